The first-order chi connectivity index (χ1) is 16.4. The Labute approximate surface area is 198 Å². The molecule has 1 amide bonds. The van der Waals surface area contributed by atoms with Gasteiger partial charge >= 0.3 is 0 Å². The van der Waals surface area contributed by atoms with Crippen LogP contribution in [-0.4, -0.2) is 60.0 Å². The highest BCUT2D eigenvalue weighted by Crippen LogP contribution is 2.29. The highest BCUT2D eigenvalue weighted by Gasteiger charge is 2.38. The molecule has 6 nitrogen and oxygen atoms in total. The average Bonchev–Trinajstić information content (AvgIpc) is 2.80. The number of hydrogen-bond donors (Lipinski definition) is 2. The molecule has 2 heterocycles. The molecule has 2 aromatic carbocycles. The molecule has 0 bridgehead atoms. The van der Waals surface area contributed by atoms with Crippen LogP contribution in [-0.2, 0) is 20.8 Å². The van der Waals surface area contributed by atoms with Gasteiger partial charge in [-0.1, -0.05) is 30.3 Å². The Hall–Kier alpha value is -2.39. The number of aliphatic hydroxyl groups excluding tert-OH is 1. The van der Waals surface area contributed by atoms with Gasteiger partial charge in [0.25, 0.3) is 0 Å². The van der Waals surface area contributed by atoms with Gasteiger partial charge in [0, 0.05) is 24.7 Å². The third-order valence-electron chi connectivity index (χ3n) is 6.56. The topological polar surface area (TPSA) is 71.0 Å². The lowest BCUT2D eigenvalue weighted by molar-refractivity contribution is -0.158. The largest absolute Gasteiger partial charge is 0.389 e. The molecule has 2 aliphatic rings. The van der Waals surface area contributed by atoms with Crippen LogP contribution in [0.15, 0.2) is 48.5 Å². The molecule has 0 aromatic heterocycles. The smallest absolute Gasteiger partial charge is 0.223 e. The number of β-amino-alcohol motifs (C(OH)–C–C–N with tert-alkyl or cyclic N) is 1. The molecule has 4 rings (SSSR count). The van der Waals surface area contributed by atoms with E-state index in [2.05, 4.69) is 5.32 Å². The van der Waals surface area contributed by atoms with Gasteiger partial charge < -0.3 is 19.9 Å². The Morgan fingerprint density at radius 2 is 1.97 bits per heavy atom. The number of aliphatic hydroxyl groups is 1. The molecule has 2 aliphatic heterocycles. The summed E-state index contributed by atoms with van der Waals surface area (Å²) >= 11 is 0. The SMILES string of the molecule is C[C@@H](NC(=O)C[C@H]1CC[C@H]2[C@@H](COC[C@@H](O)CN2Cc2cc(F)ccc2F)O1)c1ccccc1. The van der Waals surface area contributed by atoms with Crippen molar-refractivity contribution >= 4 is 5.91 Å². The van der Waals surface area contributed by atoms with Crippen LogP contribution < -0.4 is 5.32 Å². The van der Waals surface area contributed by atoms with E-state index in [4.69, 9.17) is 9.47 Å². The number of fused-ring (bicyclic) bond motifs is 1. The number of hydrogen-bond acceptors (Lipinski definition) is 5. The molecule has 2 aromatic rings. The minimum absolute atomic E-state index is 0.0827. The number of amides is 1. The lowest BCUT2D eigenvalue weighted by atomic mass is 9.94. The molecule has 34 heavy (non-hydrogen) atoms. The molecule has 0 saturated carbocycles. The van der Waals surface area contributed by atoms with Crippen LogP contribution >= 0.6 is 0 Å². The maximum absolute atomic E-state index is 14.3. The third-order valence-corrected chi connectivity index (χ3v) is 6.56. The molecule has 0 spiro atoms. The number of carbonyl (C=O) groups excluding carboxylic acids is 1. The Morgan fingerprint density at radius 1 is 1.18 bits per heavy atom. The van der Waals surface area contributed by atoms with Crippen molar-refractivity contribution in [3.8, 4) is 0 Å². The summed E-state index contributed by atoms with van der Waals surface area (Å²) in [6, 6.07) is 12.9. The van der Waals surface area contributed by atoms with Gasteiger partial charge in [0.1, 0.15) is 11.6 Å². The number of ether oxygens (including phenoxy) is 2. The molecule has 0 radical (unpaired) electrons. The third kappa shape index (κ3) is 6.39. The van der Waals surface area contributed by atoms with Crippen LogP contribution in [0, 0.1) is 11.6 Å². The summed E-state index contributed by atoms with van der Waals surface area (Å²) < 4.78 is 39.9. The van der Waals surface area contributed by atoms with Crippen LogP contribution in [0.1, 0.15) is 43.4 Å². The zero-order valence-corrected chi connectivity index (χ0v) is 19.3. The molecule has 8 heteroatoms. The minimum Gasteiger partial charge on any atom is -0.389 e. The van der Waals surface area contributed by atoms with E-state index >= 15 is 0 Å². The molecular weight excluding hydrogens is 442 g/mol. The number of rotatable bonds is 6. The monoisotopic (exact) mass is 474 g/mol. The molecule has 2 N–H and O–H groups in total. The number of benzene rings is 2. The van der Waals surface area contributed by atoms with Gasteiger partial charge in [-0.15, -0.1) is 0 Å². The maximum atomic E-state index is 14.3. The number of nitrogens with one attached hydrogen (secondary N) is 1. The van der Waals surface area contributed by atoms with Crippen molar-refractivity contribution in [2.75, 3.05) is 19.8 Å². The number of nitrogens with zero attached hydrogens (tertiary/aromatic N) is 1. The molecule has 5 atom stereocenters. The van der Waals surface area contributed by atoms with Crippen LogP contribution in [0.25, 0.3) is 0 Å². The van der Waals surface area contributed by atoms with Crippen LogP contribution in [0.2, 0.25) is 0 Å². The summed E-state index contributed by atoms with van der Waals surface area (Å²) in [6.45, 7) is 2.77. The Kier molecular flexibility index (Phi) is 8.26. The van der Waals surface area contributed by atoms with Crippen LogP contribution in [0.5, 0.6) is 0 Å². The first-order valence-corrected chi connectivity index (χ1v) is 11.8. The molecular formula is C26H32F2N2O4. The Bertz CT molecular complexity index is 961. The summed E-state index contributed by atoms with van der Waals surface area (Å²) in [5, 5.41) is 13.3. The quantitative estimate of drug-likeness (QED) is 0.672. The fourth-order valence-electron chi connectivity index (χ4n) is 4.84. The fourth-order valence-corrected chi connectivity index (χ4v) is 4.84. The first-order valence-electron chi connectivity index (χ1n) is 11.8. The van der Waals surface area contributed by atoms with Gasteiger partial charge in [-0.25, -0.2) is 8.78 Å². The number of carbonyl (C=O) groups is 1. The van der Waals surface area contributed by atoms with Gasteiger partial charge in [-0.05, 0) is 43.5 Å². The van der Waals surface area contributed by atoms with Gasteiger partial charge in [-0.2, -0.15) is 0 Å². The first kappa shape index (κ1) is 24.7. The van der Waals surface area contributed by atoms with Crippen molar-refractivity contribution in [2.45, 2.75) is 63.1 Å². The molecule has 184 valence electrons. The van der Waals surface area contributed by atoms with E-state index < -0.39 is 17.7 Å². The van der Waals surface area contributed by atoms with Crippen molar-refractivity contribution in [1.29, 1.82) is 0 Å². The second-order valence-corrected chi connectivity index (χ2v) is 9.20. The van der Waals surface area contributed by atoms with Crippen molar-refractivity contribution in [2.24, 2.45) is 0 Å². The predicted molar refractivity (Wildman–Crippen MR) is 123 cm³/mol. The van der Waals surface area contributed by atoms with Crippen LogP contribution in [0.3, 0.4) is 0 Å². The Morgan fingerprint density at radius 3 is 2.76 bits per heavy atom. The summed E-state index contributed by atoms with van der Waals surface area (Å²) in [6.07, 6.45) is 0.255. The summed E-state index contributed by atoms with van der Waals surface area (Å²) in [5.74, 6) is -1.06. The highest BCUT2D eigenvalue weighted by atomic mass is 19.1. The summed E-state index contributed by atoms with van der Waals surface area (Å²) in [7, 11) is 0. The minimum atomic E-state index is -0.736. The van der Waals surface area contributed by atoms with E-state index in [1.165, 1.54) is 6.07 Å². The molecule has 2 fully saturated rings. The molecule has 2 saturated heterocycles. The lowest BCUT2D eigenvalue weighted by Gasteiger charge is -2.44. The van der Waals surface area contributed by atoms with Gasteiger partial charge in [0.2, 0.25) is 5.91 Å². The molecule has 0 aliphatic carbocycles. The lowest BCUT2D eigenvalue weighted by Crippen LogP contribution is -2.55. The standard InChI is InChI=1S/C26H32F2N2O4/c1-17(18-5-3-2-4-6-18)29-26(32)12-22-8-10-24-25(34-22)16-33-15-21(31)14-30(24)13-19-11-20(27)7-9-23(19)28/h2-7,9,11,17,21-22,24-25,31H,8,10,12-16H2,1H3,(H,29,32)/t17-,21+,22-,24+,25-/m1/s1. The highest BCUT2D eigenvalue weighted by molar-refractivity contribution is 5.77. The van der Waals surface area contributed by atoms with Gasteiger partial charge in [0.05, 0.1) is 44.0 Å². The van der Waals surface area contributed by atoms with E-state index in [0.717, 1.165) is 17.7 Å². The maximum Gasteiger partial charge on any atom is 0.223 e. The molecule has 0 unspecified atom stereocenters. The average molecular weight is 475 g/mol. The van der Waals surface area contributed by atoms with E-state index in [9.17, 15) is 18.7 Å². The van der Waals surface area contributed by atoms with E-state index in [-0.39, 0.29) is 68.5 Å². The van der Waals surface area contributed by atoms with Gasteiger partial charge in [0.15, 0.2) is 0 Å². The van der Waals surface area contributed by atoms with Crippen LogP contribution in [0.4, 0.5) is 8.78 Å². The number of halogens is 2. The Balaban J connectivity index is 1.39. The summed E-state index contributed by atoms with van der Waals surface area (Å²) in [4.78, 5) is 14.6. The second-order valence-electron chi connectivity index (χ2n) is 9.20. The normalized spacial score (nSPS) is 26.7. The van der Waals surface area contributed by atoms with E-state index in [1.54, 1.807) is 0 Å². The zero-order valence-electron chi connectivity index (χ0n) is 19.3. The van der Waals surface area contributed by atoms with Crippen molar-refractivity contribution in [1.82, 2.24) is 10.2 Å². The predicted octanol–water partition coefficient (Wildman–Crippen LogP) is 3.34. The van der Waals surface area contributed by atoms with E-state index in [1.807, 2.05) is 42.2 Å². The van der Waals surface area contributed by atoms with Gasteiger partial charge in [-0.3, -0.25) is 9.69 Å². The zero-order chi connectivity index (χ0) is 24.1. The van der Waals surface area contributed by atoms with E-state index in [0.29, 0.717) is 12.8 Å². The second kappa shape index (κ2) is 11.4. The van der Waals surface area contributed by atoms with Crippen molar-refractivity contribution in [3.05, 3.63) is 71.3 Å². The fraction of sp³-hybridized carbons (Fsp3) is 0.500. The summed E-state index contributed by atoms with van der Waals surface area (Å²) in [5.41, 5.74) is 1.27. The van der Waals surface area contributed by atoms with Crippen molar-refractivity contribution < 1.29 is 28.2 Å². The van der Waals surface area contributed by atoms with Crippen molar-refractivity contribution in [3.63, 3.8) is 0 Å².